The molecule has 0 aliphatic carbocycles. The number of nitrogens with one attached hydrogen (secondary N) is 2. The molecule has 1 atom stereocenters. The van der Waals surface area contributed by atoms with Crippen molar-refractivity contribution in [2.45, 2.75) is 13.0 Å². The predicted octanol–water partition coefficient (Wildman–Crippen LogP) is 4.91. The molecule has 0 unspecified atom stereocenters. The Labute approximate surface area is 158 Å². The van der Waals surface area contributed by atoms with Crippen LogP contribution in [0, 0.1) is 5.82 Å². The van der Waals surface area contributed by atoms with Crippen LogP contribution < -0.4 is 15.4 Å². The Kier molecular flexibility index (Phi) is 6.18. The van der Waals surface area contributed by atoms with Crippen molar-refractivity contribution in [3.8, 4) is 11.5 Å². The van der Waals surface area contributed by atoms with Crippen LogP contribution >= 0.6 is 0 Å². The molecule has 5 heteroatoms. The van der Waals surface area contributed by atoms with Crippen LogP contribution in [-0.4, -0.2) is 12.5 Å². The summed E-state index contributed by atoms with van der Waals surface area (Å²) in [7, 11) is 0. The maximum Gasteiger partial charge on any atom is 0.238 e. The van der Waals surface area contributed by atoms with E-state index in [1.807, 2.05) is 55.5 Å². The van der Waals surface area contributed by atoms with Gasteiger partial charge in [0.2, 0.25) is 5.91 Å². The van der Waals surface area contributed by atoms with Crippen molar-refractivity contribution in [2.24, 2.45) is 0 Å². The molecule has 138 valence electrons. The third-order valence-electron chi connectivity index (χ3n) is 4.05. The topological polar surface area (TPSA) is 50.4 Å². The lowest BCUT2D eigenvalue weighted by molar-refractivity contribution is -0.115. The molecule has 0 bridgehead atoms. The van der Waals surface area contributed by atoms with E-state index >= 15 is 0 Å². The van der Waals surface area contributed by atoms with Crippen LogP contribution in [-0.2, 0) is 4.79 Å². The van der Waals surface area contributed by atoms with Gasteiger partial charge in [0, 0.05) is 6.04 Å². The Morgan fingerprint density at radius 3 is 2.52 bits per heavy atom. The minimum absolute atomic E-state index is 0.0946. The number of halogens is 1. The van der Waals surface area contributed by atoms with Crippen LogP contribution in [0.1, 0.15) is 18.5 Å². The van der Waals surface area contributed by atoms with Crippen molar-refractivity contribution in [3.63, 3.8) is 0 Å². The number of anilines is 1. The van der Waals surface area contributed by atoms with Crippen molar-refractivity contribution in [1.29, 1.82) is 0 Å². The standard InChI is InChI=1S/C22H21FN2O2/c1-16(17-8-7-9-18(23)14-17)24-15-22(26)25-20-12-5-6-13-21(20)27-19-10-3-2-4-11-19/h2-14,16,24H,15H2,1H3,(H,25,26)/t16-/m0/s1. The number of carbonyl (C=O) groups is 1. The molecule has 1 amide bonds. The third-order valence-corrected chi connectivity index (χ3v) is 4.05. The first-order valence-corrected chi connectivity index (χ1v) is 8.72. The molecule has 3 aromatic rings. The number of ether oxygens (including phenoxy) is 1. The van der Waals surface area contributed by atoms with Gasteiger partial charge in [0.15, 0.2) is 5.75 Å². The second kappa shape index (κ2) is 8.96. The zero-order valence-corrected chi connectivity index (χ0v) is 15.0. The van der Waals surface area contributed by atoms with Gasteiger partial charge in [0.25, 0.3) is 0 Å². The number of benzene rings is 3. The maximum atomic E-state index is 13.3. The summed E-state index contributed by atoms with van der Waals surface area (Å²) in [6, 6.07) is 22.8. The summed E-state index contributed by atoms with van der Waals surface area (Å²) < 4.78 is 19.2. The monoisotopic (exact) mass is 364 g/mol. The van der Waals surface area contributed by atoms with Gasteiger partial charge in [0.05, 0.1) is 12.2 Å². The molecular weight excluding hydrogens is 343 g/mol. The van der Waals surface area contributed by atoms with Crippen molar-refractivity contribution >= 4 is 11.6 Å². The molecule has 0 aliphatic rings. The number of hydrogen-bond acceptors (Lipinski definition) is 3. The average Bonchev–Trinajstić information content (AvgIpc) is 2.68. The lowest BCUT2D eigenvalue weighted by Gasteiger charge is -2.15. The second-order valence-corrected chi connectivity index (χ2v) is 6.12. The summed E-state index contributed by atoms with van der Waals surface area (Å²) in [4.78, 5) is 12.3. The summed E-state index contributed by atoms with van der Waals surface area (Å²) in [5, 5.41) is 5.94. The van der Waals surface area contributed by atoms with E-state index in [1.165, 1.54) is 12.1 Å². The lowest BCUT2D eigenvalue weighted by Crippen LogP contribution is -2.30. The van der Waals surface area contributed by atoms with E-state index < -0.39 is 0 Å². The molecule has 0 fully saturated rings. The SMILES string of the molecule is C[C@H](NCC(=O)Nc1ccccc1Oc1ccccc1)c1cccc(F)c1. The molecule has 4 nitrogen and oxygen atoms in total. The van der Waals surface area contributed by atoms with E-state index in [4.69, 9.17) is 4.74 Å². The minimum atomic E-state index is -0.294. The number of carbonyl (C=O) groups excluding carboxylic acids is 1. The van der Waals surface area contributed by atoms with Crippen LogP contribution in [0.15, 0.2) is 78.9 Å². The smallest absolute Gasteiger partial charge is 0.238 e. The quantitative estimate of drug-likeness (QED) is 0.626. The van der Waals surface area contributed by atoms with Gasteiger partial charge < -0.3 is 15.4 Å². The molecule has 0 saturated carbocycles. The van der Waals surface area contributed by atoms with Crippen LogP contribution in [0.3, 0.4) is 0 Å². The van der Waals surface area contributed by atoms with Crippen LogP contribution in [0.25, 0.3) is 0 Å². The average molecular weight is 364 g/mol. The predicted molar refractivity (Wildman–Crippen MR) is 104 cm³/mol. The summed E-state index contributed by atoms with van der Waals surface area (Å²) in [6.45, 7) is 1.98. The lowest BCUT2D eigenvalue weighted by atomic mass is 10.1. The van der Waals surface area contributed by atoms with Gasteiger partial charge in [-0.05, 0) is 48.9 Å². The van der Waals surface area contributed by atoms with Crippen LogP contribution in [0.4, 0.5) is 10.1 Å². The van der Waals surface area contributed by atoms with Gasteiger partial charge >= 0.3 is 0 Å². The first-order valence-electron chi connectivity index (χ1n) is 8.72. The molecule has 3 aromatic carbocycles. The highest BCUT2D eigenvalue weighted by atomic mass is 19.1. The zero-order chi connectivity index (χ0) is 19.1. The van der Waals surface area contributed by atoms with E-state index in [1.54, 1.807) is 18.2 Å². The van der Waals surface area contributed by atoms with Crippen LogP contribution in [0.2, 0.25) is 0 Å². The molecule has 27 heavy (non-hydrogen) atoms. The van der Waals surface area contributed by atoms with Gasteiger partial charge in [-0.2, -0.15) is 0 Å². The molecule has 0 spiro atoms. The van der Waals surface area contributed by atoms with E-state index in [-0.39, 0.29) is 24.3 Å². The summed E-state index contributed by atoms with van der Waals surface area (Å²) in [6.07, 6.45) is 0. The second-order valence-electron chi connectivity index (χ2n) is 6.12. The Balaban J connectivity index is 1.59. The Morgan fingerprint density at radius 2 is 1.74 bits per heavy atom. The molecule has 0 aromatic heterocycles. The van der Waals surface area contributed by atoms with Gasteiger partial charge in [-0.15, -0.1) is 0 Å². The Hall–Kier alpha value is -3.18. The molecular formula is C22H21FN2O2. The van der Waals surface area contributed by atoms with E-state index in [9.17, 15) is 9.18 Å². The van der Waals surface area contributed by atoms with Gasteiger partial charge in [-0.25, -0.2) is 4.39 Å². The number of para-hydroxylation sites is 3. The summed E-state index contributed by atoms with van der Waals surface area (Å²) >= 11 is 0. The molecule has 0 radical (unpaired) electrons. The number of amides is 1. The number of rotatable bonds is 7. The van der Waals surface area contributed by atoms with E-state index in [0.717, 1.165) is 5.56 Å². The summed E-state index contributed by atoms with van der Waals surface area (Å²) in [5.74, 6) is 0.757. The minimum Gasteiger partial charge on any atom is -0.455 e. The highest BCUT2D eigenvalue weighted by molar-refractivity contribution is 5.93. The molecule has 0 saturated heterocycles. The van der Waals surface area contributed by atoms with Crippen molar-refractivity contribution in [1.82, 2.24) is 5.32 Å². The van der Waals surface area contributed by atoms with Gasteiger partial charge in [-0.1, -0.05) is 42.5 Å². The molecule has 0 aliphatic heterocycles. The highest BCUT2D eigenvalue weighted by Crippen LogP contribution is 2.29. The highest BCUT2D eigenvalue weighted by Gasteiger charge is 2.11. The normalized spacial score (nSPS) is 11.6. The fourth-order valence-corrected chi connectivity index (χ4v) is 2.61. The summed E-state index contributed by atoms with van der Waals surface area (Å²) in [5.41, 5.74) is 1.38. The van der Waals surface area contributed by atoms with Gasteiger partial charge in [-0.3, -0.25) is 4.79 Å². The third kappa shape index (κ3) is 5.39. The van der Waals surface area contributed by atoms with E-state index in [0.29, 0.717) is 17.2 Å². The zero-order valence-electron chi connectivity index (χ0n) is 15.0. The molecule has 3 rings (SSSR count). The van der Waals surface area contributed by atoms with Crippen molar-refractivity contribution in [2.75, 3.05) is 11.9 Å². The largest absolute Gasteiger partial charge is 0.455 e. The van der Waals surface area contributed by atoms with Crippen LogP contribution in [0.5, 0.6) is 11.5 Å². The number of hydrogen-bond donors (Lipinski definition) is 2. The maximum absolute atomic E-state index is 13.3. The van der Waals surface area contributed by atoms with Crippen molar-refractivity contribution in [3.05, 3.63) is 90.2 Å². The van der Waals surface area contributed by atoms with E-state index in [2.05, 4.69) is 10.6 Å². The molecule has 0 heterocycles. The first kappa shape index (κ1) is 18.6. The fraction of sp³-hybridized carbons (Fsp3) is 0.136. The van der Waals surface area contributed by atoms with Crippen molar-refractivity contribution < 1.29 is 13.9 Å². The van der Waals surface area contributed by atoms with Gasteiger partial charge in [0.1, 0.15) is 11.6 Å². The Morgan fingerprint density at radius 1 is 1.00 bits per heavy atom. The fourth-order valence-electron chi connectivity index (χ4n) is 2.61. The Bertz CT molecular complexity index is 900. The molecule has 2 N–H and O–H groups in total. The first-order chi connectivity index (χ1) is 13.1.